The first kappa shape index (κ1) is 24.3. The maximum Gasteiger partial charge on any atom is 0.288 e. The maximum atomic E-state index is 12.4. The molecular weight excluding hydrogens is 444 g/mol. The van der Waals surface area contributed by atoms with Gasteiger partial charge in [-0.1, -0.05) is 38.4 Å². The molecule has 2 amide bonds. The molecule has 2 aromatic rings. The second kappa shape index (κ2) is 10.0. The van der Waals surface area contributed by atoms with Crippen molar-refractivity contribution in [3.63, 3.8) is 0 Å². The molecule has 0 atom stereocenters. The van der Waals surface area contributed by atoms with E-state index < -0.39 is 4.92 Å². The van der Waals surface area contributed by atoms with Crippen LogP contribution in [0.15, 0.2) is 48.5 Å². The van der Waals surface area contributed by atoms with Crippen LogP contribution in [0.2, 0.25) is 5.02 Å². The van der Waals surface area contributed by atoms with Crippen molar-refractivity contribution < 1.29 is 14.5 Å². The van der Waals surface area contributed by atoms with Gasteiger partial charge in [0, 0.05) is 55.1 Å². The van der Waals surface area contributed by atoms with E-state index in [1.165, 1.54) is 24.3 Å². The predicted molar refractivity (Wildman–Crippen MR) is 130 cm³/mol. The molecule has 8 nitrogen and oxygen atoms in total. The summed E-state index contributed by atoms with van der Waals surface area (Å²) in [6, 6.07) is 11.8. The number of benzene rings is 2. The lowest BCUT2D eigenvalue weighted by Crippen LogP contribution is -2.51. The molecule has 0 radical (unpaired) electrons. The molecule has 0 saturated carbocycles. The van der Waals surface area contributed by atoms with Crippen molar-refractivity contribution in [2.24, 2.45) is 5.41 Å². The zero-order chi connectivity index (χ0) is 24.2. The Balaban J connectivity index is 1.55. The number of nitro benzene ring substituents is 1. The fourth-order valence-electron chi connectivity index (χ4n) is 3.53. The number of nitrogens with one attached hydrogen (secondary N) is 1. The van der Waals surface area contributed by atoms with E-state index >= 15 is 0 Å². The maximum absolute atomic E-state index is 12.4. The number of nitro groups is 1. The largest absolute Gasteiger partial charge is 0.368 e. The molecule has 33 heavy (non-hydrogen) atoms. The molecule has 174 valence electrons. The number of piperazine rings is 1. The third kappa shape index (κ3) is 6.32. The Bertz CT molecular complexity index is 1070. The lowest BCUT2D eigenvalue weighted by atomic mass is 9.94. The van der Waals surface area contributed by atoms with Crippen molar-refractivity contribution in [2.75, 3.05) is 36.4 Å². The molecule has 2 aromatic carbocycles. The summed E-state index contributed by atoms with van der Waals surface area (Å²) in [7, 11) is 0. The summed E-state index contributed by atoms with van der Waals surface area (Å²) >= 11 is 5.80. The minimum atomic E-state index is -0.566. The van der Waals surface area contributed by atoms with Crippen LogP contribution in [0.5, 0.6) is 0 Å². The first-order valence-corrected chi connectivity index (χ1v) is 11.0. The van der Waals surface area contributed by atoms with Gasteiger partial charge in [-0.3, -0.25) is 19.7 Å². The third-order valence-electron chi connectivity index (χ3n) is 5.30. The summed E-state index contributed by atoms with van der Waals surface area (Å²) in [6.07, 6.45) is 2.80. The standard InChI is InChI=1S/C24H27ClN4O4/c1-24(2,3)23(31)28-14-12-27(13-15-28)19-8-6-18(7-9-19)26-22(30)11-5-17-4-10-20(25)21(16-17)29(32)33/h4-11,16H,12-15H2,1-3H3,(H,26,30)/b11-5+. The second-order valence-electron chi connectivity index (χ2n) is 8.87. The fourth-order valence-corrected chi connectivity index (χ4v) is 3.71. The highest BCUT2D eigenvalue weighted by molar-refractivity contribution is 6.32. The molecule has 0 spiro atoms. The van der Waals surface area contributed by atoms with Gasteiger partial charge in [-0.25, -0.2) is 0 Å². The van der Waals surface area contributed by atoms with Crippen molar-refractivity contribution >= 4 is 46.6 Å². The van der Waals surface area contributed by atoms with Crippen LogP contribution in [0.1, 0.15) is 26.3 Å². The molecule has 1 N–H and O–H groups in total. The summed E-state index contributed by atoms with van der Waals surface area (Å²) in [4.78, 5) is 39.2. The van der Waals surface area contributed by atoms with Crippen molar-refractivity contribution in [1.29, 1.82) is 0 Å². The molecule has 1 aliphatic heterocycles. The van der Waals surface area contributed by atoms with Gasteiger partial charge in [0.05, 0.1) is 4.92 Å². The van der Waals surface area contributed by atoms with Crippen LogP contribution in [0.25, 0.3) is 6.08 Å². The molecule has 1 heterocycles. The molecule has 9 heteroatoms. The first-order valence-electron chi connectivity index (χ1n) is 10.6. The number of halogens is 1. The van der Waals surface area contributed by atoms with Gasteiger partial charge in [0.2, 0.25) is 11.8 Å². The zero-order valence-corrected chi connectivity index (χ0v) is 19.6. The van der Waals surface area contributed by atoms with E-state index in [0.717, 1.165) is 18.8 Å². The van der Waals surface area contributed by atoms with Crippen LogP contribution in [-0.4, -0.2) is 47.8 Å². The first-order chi connectivity index (χ1) is 15.5. The molecule has 0 unspecified atom stereocenters. The second-order valence-corrected chi connectivity index (χ2v) is 9.27. The normalized spacial score (nSPS) is 14.4. The topological polar surface area (TPSA) is 95.8 Å². The minimum absolute atomic E-state index is 0.0453. The van der Waals surface area contributed by atoms with E-state index in [9.17, 15) is 19.7 Å². The molecule has 0 bridgehead atoms. The average molecular weight is 471 g/mol. The van der Waals surface area contributed by atoms with Crippen molar-refractivity contribution in [3.05, 3.63) is 69.2 Å². The van der Waals surface area contributed by atoms with E-state index in [1.807, 2.05) is 49.9 Å². The highest BCUT2D eigenvalue weighted by Gasteiger charge is 2.29. The molecule has 0 aromatic heterocycles. The number of hydrogen-bond acceptors (Lipinski definition) is 5. The Kier molecular flexibility index (Phi) is 7.38. The molecule has 3 rings (SSSR count). The Morgan fingerprint density at radius 2 is 1.70 bits per heavy atom. The van der Waals surface area contributed by atoms with Crippen LogP contribution in [0, 0.1) is 15.5 Å². The Morgan fingerprint density at radius 3 is 2.27 bits per heavy atom. The molecular formula is C24H27ClN4O4. The number of amides is 2. The molecule has 0 aliphatic carbocycles. The van der Waals surface area contributed by atoms with E-state index in [1.54, 1.807) is 6.07 Å². The van der Waals surface area contributed by atoms with Gasteiger partial charge in [-0.15, -0.1) is 0 Å². The number of carbonyl (C=O) groups excluding carboxylic acids is 2. The summed E-state index contributed by atoms with van der Waals surface area (Å²) < 4.78 is 0. The summed E-state index contributed by atoms with van der Waals surface area (Å²) in [5.41, 5.74) is 1.58. The summed E-state index contributed by atoms with van der Waals surface area (Å²) in [5.74, 6) is -0.184. The van der Waals surface area contributed by atoms with Crippen LogP contribution in [0.3, 0.4) is 0 Å². The van der Waals surface area contributed by atoms with E-state index in [0.29, 0.717) is 24.3 Å². The van der Waals surface area contributed by atoms with Crippen molar-refractivity contribution in [1.82, 2.24) is 4.90 Å². The minimum Gasteiger partial charge on any atom is -0.368 e. The highest BCUT2D eigenvalue weighted by atomic mass is 35.5. The summed E-state index contributed by atoms with van der Waals surface area (Å²) in [5, 5.41) is 13.8. The molecule has 1 fully saturated rings. The van der Waals surface area contributed by atoms with E-state index in [2.05, 4.69) is 10.2 Å². The quantitative estimate of drug-likeness (QED) is 0.391. The van der Waals surface area contributed by atoms with Gasteiger partial charge in [0.25, 0.3) is 5.69 Å². The lowest BCUT2D eigenvalue weighted by molar-refractivity contribution is -0.384. The van der Waals surface area contributed by atoms with Gasteiger partial charge < -0.3 is 15.1 Å². The number of nitrogens with zero attached hydrogens (tertiary/aromatic N) is 3. The SMILES string of the molecule is CC(C)(C)C(=O)N1CCN(c2ccc(NC(=O)/C=C/c3ccc(Cl)c([N+](=O)[O-])c3)cc2)CC1. The average Bonchev–Trinajstić information content (AvgIpc) is 2.78. The lowest BCUT2D eigenvalue weighted by Gasteiger charge is -2.38. The predicted octanol–water partition coefficient (Wildman–Crippen LogP) is 4.59. The van der Waals surface area contributed by atoms with Gasteiger partial charge >= 0.3 is 0 Å². The van der Waals surface area contributed by atoms with Crippen LogP contribution >= 0.6 is 11.6 Å². The van der Waals surface area contributed by atoms with Crippen LogP contribution in [-0.2, 0) is 9.59 Å². The number of rotatable bonds is 5. The summed E-state index contributed by atoms with van der Waals surface area (Å²) in [6.45, 7) is 8.67. The van der Waals surface area contributed by atoms with Crippen LogP contribution < -0.4 is 10.2 Å². The monoisotopic (exact) mass is 470 g/mol. The van der Waals surface area contributed by atoms with E-state index in [4.69, 9.17) is 11.6 Å². The third-order valence-corrected chi connectivity index (χ3v) is 5.62. The zero-order valence-electron chi connectivity index (χ0n) is 18.9. The van der Waals surface area contributed by atoms with Crippen LogP contribution in [0.4, 0.5) is 17.1 Å². The van der Waals surface area contributed by atoms with Gasteiger partial charge in [0.15, 0.2) is 0 Å². The van der Waals surface area contributed by atoms with Crippen molar-refractivity contribution in [3.8, 4) is 0 Å². The Morgan fingerprint density at radius 1 is 1.06 bits per heavy atom. The number of anilines is 2. The number of carbonyl (C=O) groups is 2. The molecule has 1 saturated heterocycles. The van der Waals surface area contributed by atoms with Gasteiger partial charge in [0.1, 0.15) is 5.02 Å². The van der Waals surface area contributed by atoms with E-state index in [-0.39, 0.29) is 27.9 Å². The van der Waals surface area contributed by atoms with Gasteiger partial charge in [-0.05, 0) is 42.0 Å². The Labute approximate surface area is 198 Å². The smallest absolute Gasteiger partial charge is 0.288 e. The van der Waals surface area contributed by atoms with Crippen molar-refractivity contribution in [2.45, 2.75) is 20.8 Å². The number of hydrogen-bond donors (Lipinski definition) is 1. The Hall–Kier alpha value is -3.39. The highest BCUT2D eigenvalue weighted by Crippen LogP contribution is 2.26. The fraction of sp³-hybridized carbons (Fsp3) is 0.333. The van der Waals surface area contributed by atoms with Gasteiger partial charge in [-0.2, -0.15) is 0 Å². The molecule has 1 aliphatic rings.